The summed E-state index contributed by atoms with van der Waals surface area (Å²) in [5.41, 5.74) is 0.937. The van der Waals surface area contributed by atoms with Gasteiger partial charge in [-0.3, -0.25) is 4.79 Å². The van der Waals surface area contributed by atoms with Crippen LogP contribution in [0.15, 0.2) is 47.0 Å². The van der Waals surface area contributed by atoms with Gasteiger partial charge in [-0.15, -0.1) is 11.3 Å². The molecule has 3 heterocycles. The second-order valence-electron chi connectivity index (χ2n) is 5.97. The van der Waals surface area contributed by atoms with Gasteiger partial charge in [0.1, 0.15) is 0 Å². The number of aryl methyl sites for hydroxylation is 1. The molecule has 0 radical (unpaired) electrons. The van der Waals surface area contributed by atoms with Crippen molar-refractivity contribution in [1.82, 2.24) is 15.0 Å². The molecule has 1 aliphatic heterocycles. The molecule has 0 aliphatic carbocycles. The Kier molecular flexibility index (Phi) is 3.90. The number of amides is 1. The molecular formula is C18H17N3O2S. The maximum Gasteiger partial charge on any atom is 0.263 e. The Labute approximate surface area is 143 Å². The van der Waals surface area contributed by atoms with Crippen molar-refractivity contribution in [3.05, 3.63) is 58.1 Å². The van der Waals surface area contributed by atoms with Crippen LogP contribution in [0.4, 0.5) is 0 Å². The van der Waals surface area contributed by atoms with Crippen LogP contribution >= 0.6 is 11.3 Å². The lowest BCUT2D eigenvalue weighted by Crippen LogP contribution is -2.27. The number of hydrogen-bond acceptors (Lipinski definition) is 5. The van der Waals surface area contributed by atoms with Gasteiger partial charge in [-0.2, -0.15) is 4.98 Å². The van der Waals surface area contributed by atoms with Crippen LogP contribution in [0.2, 0.25) is 0 Å². The van der Waals surface area contributed by atoms with Gasteiger partial charge in [0, 0.05) is 23.5 Å². The number of carbonyl (C=O) groups excluding carboxylic acids is 1. The first-order chi connectivity index (χ1) is 11.7. The maximum absolute atomic E-state index is 12.5. The smallest absolute Gasteiger partial charge is 0.263 e. The van der Waals surface area contributed by atoms with Crippen LogP contribution in [0.25, 0.3) is 11.4 Å². The van der Waals surface area contributed by atoms with E-state index in [9.17, 15) is 4.79 Å². The summed E-state index contributed by atoms with van der Waals surface area (Å²) < 4.78 is 5.44. The molecule has 4 rings (SSSR count). The number of hydrogen-bond donors (Lipinski definition) is 0. The third kappa shape index (κ3) is 2.85. The fourth-order valence-corrected chi connectivity index (χ4v) is 3.79. The Morgan fingerprint density at radius 2 is 2.08 bits per heavy atom. The first-order valence-corrected chi connectivity index (χ1v) is 8.77. The average molecular weight is 339 g/mol. The SMILES string of the molecule is Cc1ccc(C(=O)N2CC[C@@H](c3nc(-c4ccccc4)no3)C2)s1. The number of aromatic nitrogens is 2. The zero-order valence-corrected chi connectivity index (χ0v) is 14.1. The van der Waals surface area contributed by atoms with E-state index in [4.69, 9.17) is 4.52 Å². The molecule has 3 aromatic rings. The average Bonchev–Trinajstić information content (AvgIpc) is 3.35. The van der Waals surface area contributed by atoms with Crippen molar-refractivity contribution in [2.45, 2.75) is 19.3 Å². The normalized spacial score (nSPS) is 17.4. The van der Waals surface area contributed by atoms with Gasteiger partial charge < -0.3 is 9.42 Å². The molecule has 1 amide bonds. The minimum Gasteiger partial charge on any atom is -0.339 e. The van der Waals surface area contributed by atoms with Gasteiger partial charge in [0.05, 0.1) is 10.8 Å². The summed E-state index contributed by atoms with van der Waals surface area (Å²) >= 11 is 1.54. The molecule has 0 unspecified atom stereocenters. The summed E-state index contributed by atoms with van der Waals surface area (Å²) in [6.45, 7) is 3.37. The summed E-state index contributed by atoms with van der Waals surface area (Å²) in [6.07, 6.45) is 0.854. The zero-order chi connectivity index (χ0) is 16.5. The molecule has 0 N–H and O–H groups in total. The van der Waals surface area contributed by atoms with Crippen molar-refractivity contribution in [1.29, 1.82) is 0 Å². The predicted molar refractivity (Wildman–Crippen MR) is 92.1 cm³/mol. The minimum atomic E-state index is 0.0957. The van der Waals surface area contributed by atoms with E-state index in [1.807, 2.05) is 54.3 Å². The van der Waals surface area contributed by atoms with Crippen molar-refractivity contribution in [2.24, 2.45) is 0 Å². The molecule has 122 valence electrons. The second kappa shape index (κ2) is 6.20. The van der Waals surface area contributed by atoms with Crippen LogP contribution in [0.3, 0.4) is 0 Å². The van der Waals surface area contributed by atoms with E-state index < -0.39 is 0 Å². The summed E-state index contributed by atoms with van der Waals surface area (Å²) in [5.74, 6) is 1.43. The lowest BCUT2D eigenvalue weighted by atomic mass is 10.1. The molecule has 24 heavy (non-hydrogen) atoms. The Morgan fingerprint density at radius 3 is 2.83 bits per heavy atom. The van der Waals surface area contributed by atoms with Gasteiger partial charge in [-0.25, -0.2) is 0 Å². The molecule has 0 saturated carbocycles. The molecule has 0 bridgehead atoms. The topological polar surface area (TPSA) is 59.2 Å². The van der Waals surface area contributed by atoms with E-state index in [2.05, 4.69) is 10.1 Å². The summed E-state index contributed by atoms with van der Waals surface area (Å²) in [7, 11) is 0. The van der Waals surface area contributed by atoms with Crippen LogP contribution < -0.4 is 0 Å². The Morgan fingerprint density at radius 1 is 1.25 bits per heavy atom. The molecule has 6 heteroatoms. The lowest BCUT2D eigenvalue weighted by molar-refractivity contribution is 0.0794. The van der Waals surface area contributed by atoms with Crippen LogP contribution in [-0.2, 0) is 0 Å². The van der Waals surface area contributed by atoms with Crippen LogP contribution in [0, 0.1) is 6.92 Å². The van der Waals surface area contributed by atoms with Gasteiger partial charge in [-0.1, -0.05) is 35.5 Å². The monoisotopic (exact) mass is 339 g/mol. The van der Waals surface area contributed by atoms with Crippen LogP contribution in [0.1, 0.15) is 32.8 Å². The van der Waals surface area contributed by atoms with E-state index in [0.717, 1.165) is 28.3 Å². The fraction of sp³-hybridized carbons (Fsp3) is 0.278. The quantitative estimate of drug-likeness (QED) is 0.729. The number of benzene rings is 1. The van der Waals surface area contributed by atoms with E-state index >= 15 is 0 Å². The number of rotatable bonds is 3. The number of carbonyl (C=O) groups is 1. The Balaban J connectivity index is 1.47. The predicted octanol–water partition coefficient (Wildman–Crippen LogP) is 3.74. The maximum atomic E-state index is 12.5. The summed E-state index contributed by atoms with van der Waals surface area (Å²) in [4.78, 5) is 20.9. The first kappa shape index (κ1) is 15.1. The van der Waals surface area contributed by atoms with Gasteiger partial charge in [0.2, 0.25) is 11.7 Å². The van der Waals surface area contributed by atoms with Crippen LogP contribution in [0.5, 0.6) is 0 Å². The Hall–Kier alpha value is -2.47. The third-order valence-electron chi connectivity index (χ3n) is 4.25. The molecular weight excluding hydrogens is 322 g/mol. The molecule has 2 aromatic heterocycles. The van der Waals surface area contributed by atoms with Crippen molar-refractivity contribution in [3.63, 3.8) is 0 Å². The van der Waals surface area contributed by atoms with E-state index in [0.29, 0.717) is 18.3 Å². The van der Waals surface area contributed by atoms with Gasteiger partial charge >= 0.3 is 0 Å². The van der Waals surface area contributed by atoms with E-state index in [1.165, 1.54) is 11.3 Å². The van der Waals surface area contributed by atoms with Crippen LogP contribution in [-0.4, -0.2) is 34.0 Å². The molecule has 1 fully saturated rings. The highest BCUT2D eigenvalue weighted by Gasteiger charge is 2.32. The summed E-state index contributed by atoms with van der Waals surface area (Å²) in [5, 5.41) is 4.07. The highest BCUT2D eigenvalue weighted by Crippen LogP contribution is 2.29. The fourth-order valence-electron chi connectivity index (χ4n) is 2.96. The van der Waals surface area contributed by atoms with Gasteiger partial charge in [0.15, 0.2) is 0 Å². The number of thiophene rings is 1. The van der Waals surface area contributed by atoms with Gasteiger partial charge in [0.25, 0.3) is 5.91 Å². The molecule has 0 spiro atoms. The van der Waals surface area contributed by atoms with Crippen molar-refractivity contribution in [2.75, 3.05) is 13.1 Å². The Bertz CT molecular complexity index is 856. The molecule has 1 aromatic carbocycles. The van der Waals surface area contributed by atoms with Crippen molar-refractivity contribution >= 4 is 17.2 Å². The standard InChI is InChI=1S/C18H17N3O2S/c1-12-7-8-15(24-12)18(22)21-10-9-14(11-21)17-19-16(20-23-17)13-5-3-2-4-6-13/h2-8,14H,9-11H2,1H3/t14-/m1/s1. The van der Waals surface area contributed by atoms with Crippen molar-refractivity contribution < 1.29 is 9.32 Å². The molecule has 1 aliphatic rings. The largest absolute Gasteiger partial charge is 0.339 e. The van der Waals surface area contributed by atoms with E-state index in [-0.39, 0.29) is 11.8 Å². The highest BCUT2D eigenvalue weighted by atomic mass is 32.1. The number of nitrogens with zero attached hydrogens (tertiary/aromatic N) is 3. The van der Waals surface area contributed by atoms with E-state index in [1.54, 1.807) is 0 Å². The van der Waals surface area contributed by atoms with Crippen molar-refractivity contribution in [3.8, 4) is 11.4 Å². The first-order valence-electron chi connectivity index (χ1n) is 7.95. The molecule has 1 atom stereocenters. The molecule has 5 nitrogen and oxygen atoms in total. The lowest BCUT2D eigenvalue weighted by Gasteiger charge is -2.14. The summed E-state index contributed by atoms with van der Waals surface area (Å²) in [6, 6.07) is 13.6. The zero-order valence-electron chi connectivity index (χ0n) is 13.3. The highest BCUT2D eigenvalue weighted by molar-refractivity contribution is 7.13. The number of likely N-dealkylation sites (tertiary alicyclic amines) is 1. The minimum absolute atomic E-state index is 0.0957. The molecule has 1 saturated heterocycles. The van der Waals surface area contributed by atoms with Gasteiger partial charge in [-0.05, 0) is 25.5 Å². The third-order valence-corrected chi connectivity index (χ3v) is 5.24. The second-order valence-corrected chi connectivity index (χ2v) is 7.26.